The summed E-state index contributed by atoms with van der Waals surface area (Å²) in [5.74, 6) is 0.188. The number of nitrogens with zero attached hydrogens (tertiary/aromatic N) is 4. The Morgan fingerprint density at radius 2 is 2.00 bits per heavy atom. The fourth-order valence-electron chi connectivity index (χ4n) is 5.33. The maximum atomic E-state index is 14.8. The van der Waals surface area contributed by atoms with Crippen molar-refractivity contribution >= 4 is 40.8 Å². The third kappa shape index (κ3) is 5.90. The van der Waals surface area contributed by atoms with Crippen molar-refractivity contribution in [2.45, 2.75) is 17.2 Å². The Morgan fingerprint density at radius 1 is 1.26 bits per heavy atom. The number of amidine groups is 1. The second-order valence-corrected chi connectivity index (χ2v) is 11.5. The van der Waals surface area contributed by atoms with Crippen molar-refractivity contribution in [3.05, 3.63) is 71.3 Å². The molecule has 0 spiro atoms. The monoisotopic (exact) mass is 623 g/mol. The molecule has 0 saturated carbocycles. The van der Waals surface area contributed by atoms with Crippen molar-refractivity contribution in [3.8, 4) is 11.1 Å². The second-order valence-electron chi connectivity index (χ2n) is 10.0. The molecule has 1 amide bonds. The van der Waals surface area contributed by atoms with Crippen LogP contribution >= 0.6 is 23.4 Å². The fraction of sp³-hybridized carbons (Fsp3) is 0.379. The van der Waals surface area contributed by atoms with Gasteiger partial charge in [-0.05, 0) is 36.9 Å². The molecule has 0 bridgehead atoms. The quantitative estimate of drug-likeness (QED) is 0.270. The minimum atomic E-state index is -4.74. The molecular weight excluding hydrogens is 594 g/mol. The van der Waals surface area contributed by atoms with Crippen molar-refractivity contribution in [3.63, 3.8) is 0 Å². The van der Waals surface area contributed by atoms with Crippen LogP contribution in [-0.4, -0.2) is 86.3 Å². The molecule has 5 rings (SSSR count). The van der Waals surface area contributed by atoms with Crippen LogP contribution in [0.3, 0.4) is 0 Å². The average molecular weight is 624 g/mol. The van der Waals surface area contributed by atoms with Crippen molar-refractivity contribution in [1.82, 2.24) is 15.1 Å². The van der Waals surface area contributed by atoms with Crippen LogP contribution in [0, 0.1) is 5.82 Å². The van der Waals surface area contributed by atoms with Gasteiger partial charge in [-0.15, -0.1) is 11.8 Å². The van der Waals surface area contributed by atoms with E-state index in [0.717, 1.165) is 12.1 Å². The molecule has 1 saturated heterocycles. The van der Waals surface area contributed by atoms with E-state index in [1.165, 1.54) is 30.0 Å². The van der Waals surface area contributed by atoms with E-state index in [1.807, 2.05) is 16.8 Å². The summed E-state index contributed by atoms with van der Waals surface area (Å²) in [4.78, 5) is 22.6. The first-order valence-corrected chi connectivity index (χ1v) is 14.7. The van der Waals surface area contributed by atoms with Gasteiger partial charge in [-0.25, -0.2) is 9.38 Å². The minimum absolute atomic E-state index is 0.0792. The molecule has 1 unspecified atom stereocenters. The number of rotatable bonds is 6. The lowest BCUT2D eigenvalue weighted by Crippen LogP contribution is -2.51. The number of anilines is 1. The zero-order chi connectivity index (χ0) is 30.2. The van der Waals surface area contributed by atoms with Crippen molar-refractivity contribution in [2.75, 3.05) is 63.6 Å². The number of thioether (sulfide) groups is 1. The van der Waals surface area contributed by atoms with E-state index < -0.39 is 17.6 Å². The highest BCUT2D eigenvalue weighted by Gasteiger charge is 2.42. The number of ether oxygens (including phenoxy) is 1. The summed E-state index contributed by atoms with van der Waals surface area (Å²) in [6.07, 6.45) is -3.82. The Hall–Kier alpha value is -3.06. The summed E-state index contributed by atoms with van der Waals surface area (Å²) in [6, 6.07) is 4.73. The standard InChI is InChI=1S/C29H30ClF4N5O2S/c1-4-24(40)37-8-10-38(11-9-37)28-20-14-21(29(32,33)34)25(18-5-6-23(31)22(30)13-18)27-26(20)39(17(2)36-28)15-19(16-42-27)41-12-7-35-3/h4-6,13-14,19,35H,1-2,7-12,15-16H2,3H3. The first kappa shape index (κ1) is 30.4. The number of aliphatic imine (C=N–C) groups is 1. The molecule has 0 radical (unpaired) electrons. The summed E-state index contributed by atoms with van der Waals surface area (Å²) in [6.45, 7) is 10.6. The molecule has 1 atom stereocenters. The lowest BCUT2D eigenvalue weighted by molar-refractivity contribution is -0.137. The Labute approximate surface area is 250 Å². The number of hydrogen-bond donors (Lipinski definition) is 1. The molecule has 7 nitrogen and oxygen atoms in total. The molecular formula is C29H30ClF4N5O2S. The van der Waals surface area contributed by atoms with E-state index >= 15 is 0 Å². The number of carbonyl (C=O) groups excluding carboxylic acids is 1. The van der Waals surface area contributed by atoms with Crippen LogP contribution in [0.1, 0.15) is 11.1 Å². The number of piperazine rings is 1. The van der Waals surface area contributed by atoms with Gasteiger partial charge >= 0.3 is 6.18 Å². The Balaban J connectivity index is 1.68. The maximum absolute atomic E-state index is 14.8. The Morgan fingerprint density at radius 3 is 2.64 bits per heavy atom. The summed E-state index contributed by atoms with van der Waals surface area (Å²) >= 11 is 7.32. The minimum Gasteiger partial charge on any atom is -0.374 e. The van der Waals surface area contributed by atoms with E-state index in [1.54, 1.807) is 4.90 Å². The molecule has 3 aliphatic rings. The van der Waals surface area contributed by atoms with Crippen LogP contribution < -0.4 is 10.2 Å². The molecule has 2 aromatic carbocycles. The molecule has 1 fully saturated rings. The molecule has 3 aliphatic heterocycles. The first-order valence-electron chi connectivity index (χ1n) is 13.4. The van der Waals surface area contributed by atoms with E-state index in [-0.39, 0.29) is 28.2 Å². The topological polar surface area (TPSA) is 60.4 Å². The average Bonchev–Trinajstić information content (AvgIpc) is 3.16. The van der Waals surface area contributed by atoms with Gasteiger partial charge in [-0.2, -0.15) is 13.2 Å². The van der Waals surface area contributed by atoms with Crippen LogP contribution in [0.4, 0.5) is 23.2 Å². The van der Waals surface area contributed by atoms with Crippen LogP contribution in [-0.2, 0) is 15.7 Å². The number of likely N-dealkylation sites (N-methyl/N-ethyl adjacent to an activating group) is 1. The second kappa shape index (κ2) is 12.3. The molecule has 0 aliphatic carbocycles. The summed E-state index contributed by atoms with van der Waals surface area (Å²) in [7, 11) is 1.81. The lowest BCUT2D eigenvalue weighted by atomic mass is 9.93. The van der Waals surface area contributed by atoms with Gasteiger partial charge in [-0.1, -0.05) is 30.8 Å². The molecule has 0 aromatic heterocycles. The number of halogens is 5. The molecule has 42 heavy (non-hydrogen) atoms. The molecule has 2 aromatic rings. The zero-order valence-corrected chi connectivity index (χ0v) is 24.5. The predicted octanol–water partition coefficient (Wildman–Crippen LogP) is 5.24. The van der Waals surface area contributed by atoms with Gasteiger partial charge in [0.1, 0.15) is 17.5 Å². The van der Waals surface area contributed by atoms with Crippen molar-refractivity contribution < 1.29 is 27.1 Å². The van der Waals surface area contributed by atoms with Crippen LogP contribution in [0.25, 0.3) is 11.1 Å². The first-order chi connectivity index (χ1) is 20.0. The summed E-state index contributed by atoms with van der Waals surface area (Å²) in [5, 5.41) is 2.76. The highest BCUT2D eigenvalue weighted by atomic mass is 35.5. The Kier molecular flexibility index (Phi) is 8.89. The van der Waals surface area contributed by atoms with E-state index in [4.69, 9.17) is 21.3 Å². The molecule has 3 heterocycles. The lowest BCUT2D eigenvalue weighted by Gasteiger charge is -2.40. The van der Waals surface area contributed by atoms with Gasteiger partial charge < -0.3 is 24.8 Å². The van der Waals surface area contributed by atoms with Gasteiger partial charge in [0.05, 0.1) is 35.5 Å². The van der Waals surface area contributed by atoms with Crippen LogP contribution in [0.2, 0.25) is 5.02 Å². The third-order valence-corrected chi connectivity index (χ3v) is 8.91. The molecule has 224 valence electrons. The number of nitrogens with one attached hydrogen (secondary N) is 1. The smallest absolute Gasteiger partial charge is 0.374 e. The number of carbonyl (C=O) groups is 1. The fourth-order valence-corrected chi connectivity index (χ4v) is 6.79. The summed E-state index contributed by atoms with van der Waals surface area (Å²) < 4.78 is 64.7. The Bertz CT molecular complexity index is 1440. The number of benzene rings is 2. The molecule has 13 heteroatoms. The normalized spacial score (nSPS) is 18.9. The number of amides is 1. The van der Waals surface area contributed by atoms with Gasteiger partial charge in [-0.3, -0.25) is 4.79 Å². The number of hydrogen-bond acceptors (Lipinski definition) is 7. The zero-order valence-electron chi connectivity index (χ0n) is 22.9. The van der Waals surface area contributed by atoms with Gasteiger partial charge in [0.15, 0.2) is 0 Å². The van der Waals surface area contributed by atoms with Crippen LogP contribution in [0.5, 0.6) is 0 Å². The van der Waals surface area contributed by atoms with Crippen molar-refractivity contribution in [2.24, 2.45) is 4.99 Å². The van der Waals surface area contributed by atoms with E-state index in [0.29, 0.717) is 79.4 Å². The summed E-state index contributed by atoms with van der Waals surface area (Å²) in [5.41, 5.74) is 0.0575. The van der Waals surface area contributed by atoms with E-state index in [2.05, 4.69) is 18.5 Å². The van der Waals surface area contributed by atoms with E-state index in [9.17, 15) is 22.4 Å². The van der Waals surface area contributed by atoms with Gasteiger partial charge in [0, 0.05) is 54.5 Å². The van der Waals surface area contributed by atoms with Gasteiger partial charge in [0.2, 0.25) is 5.91 Å². The van der Waals surface area contributed by atoms with Crippen LogP contribution in [0.15, 0.2) is 59.2 Å². The highest BCUT2D eigenvalue weighted by molar-refractivity contribution is 7.99. The SMILES string of the molecule is C=CC(=O)N1CCN(C2=NC(=C)N3CC(OCCNC)CSc4c(-c5ccc(F)c(Cl)c5)c(C(F)(F)F)cc2c43)CC1. The molecule has 1 N–H and O–H groups in total. The van der Waals surface area contributed by atoms with Gasteiger partial charge in [0.25, 0.3) is 0 Å². The van der Waals surface area contributed by atoms with Crippen molar-refractivity contribution in [1.29, 1.82) is 0 Å². The number of alkyl halides is 3. The predicted molar refractivity (Wildman–Crippen MR) is 158 cm³/mol. The maximum Gasteiger partial charge on any atom is 0.417 e. The third-order valence-electron chi connectivity index (χ3n) is 7.40. The largest absolute Gasteiger partial charge is 0.417 e. The highest BCUT2D eigenvalue weighted by Crippen LogP contribution is 2.52.